The number of likely N-dealkylation sites (tertiary alicyclic amines) is 1. The lowest BCUT2D eigenvalue weighted by atomic mass is 9.97. The first-order valence-corrected chi connectivity index (χ1v) is 7.63. The fourth-order valence-corrected chi connectivity index (χ4v) is 2.92. The van der Waals surface area contributed by atoms with E-state index in [1.165, 1.54) is 12.8 Å². The molecule has 0 amide bonds. The lowest BCUT2D eigenvalue weighted by Crippen LogP contribution is -2.34. The fourth-order valence-electron chi connectivity index (χ4n) is 2.92. The zero-order chi connectivity index (χ0) is 14.2. The molecule has 1 saturated heterocycles. The van der Waals surface area contributed by atoms with Crippen molar-refractivity contribution in [2.45, 2.75) is 51.0 Å². The lowest BCUT2D eigenvalue weighted by molar-refractivity contribution is 0.188. The second-order valence-electron chi connectivity index (χ2n) is 6.07. The van der Waals surface area contributed by atoms with Gasteiger partial charge in [0.15, 0.2) is 11.6 Å². The predicted molar refractivity (Wildman–Crippen MR) is 72.6 cm³/mol. The zero-order valence-electron chi connectivity index (χ0n) is 12.2. The van der Waals surface area contributed by atoms with Crippen LogP contribution in [-0.2, 0) is 6.54 Å². The molecule has 4 rings (SSSR count). The number of aromatic nitrogens is 4. The molecule has 0 bridgehead atoms. The van der Waals surface area contributed by atoms with E-state index in [1.54, 1.807) is 0 Å². The van der Waals surface area contributed by atoms with Crippen LogP contribution in [-0.4, -0.2) is 38.3 Å². The van der Waals surface area contributed by atoms with Crippen molar-refractivity contribution in [2.75, 3.05) is 13.1 Å². The van der Waals surface area contributed by atoms with E-state index in [2.05, 4.69) is 25.2 Å². The molecule has 0 radical (unpaired) electrons. The summed E-state index contributed by atoms with van der Waals surface area (Å²) in [6.07, 6.45) is 4.63. The number of rotatable bonds is 4. The van der Waals surface area contributed by atoms with E-state index in [1.807, 2.05) is 6.92 Å². The van der Waals surface area contributed by atoms with E-state index in [4.69, 9.17) is 9.05 Å². The van der Waals surface area contributed by atoms with Crippen molar-refractivity contribution < 1.29 is 9.05 Å². The van der Waals surface area contributed by atoms with Gasteiger partial charge in [-0.05, 0) is 32.2 Å². The van der Waals surface area contributed by atoms with Crippen molar-refractivity contribution in [2.24, 2.45) is 0 Å². The Bertz CT molecular complexity index is 618. The quantitative estimate of drug-likeness (QED) is 0.851. The molecule has 21 heavy (non-hydrogen) atoms. The van der Waals surface area contributed by atoms with Crippen molar-refractivity contribution in [3.05, 3.63) is 23.4 Å². The molecule has 0 N–H and O–H groups in total. The molecule has 0 unspecified atom stereocenters. The highest BCUT2D eigenvalue weighted by Gasteiger charge is 2.32. The summed E-state index contributed by atoms with van der Waals surface area (Å²) < 4.78 is 10.4. The minimum atomic E-state index is 0.350. The highest BCUT2D eigenvalue weighted by molar-refractivity contribution is 5.05. The molecule has 7 nitrogen and oxygen atoms in total. The molecule has 3 heterocycles. The summed E-state index contributed by atoms with van der Waals surface area (Å²) in [5.41, 5.74) is 0. The molecular weight excluding hydrogens is 270 g/mol. The molecular formula is C14H19N5O2. The van der Waals surface area contributed by atoms with Crippen LogP contribution in [0.15, 0.2) is 9.05 Å². The normalized spacial score (nSPS) is 23.6. The highest BCUT2D eigenvalue weighted by Crippen LogP contribution is 2.39. The molecule has 1 atom stereocenters. The number of aryl methyl sites for hydroxylation is 1. The van der Waals surface area contributed by atoms with Crippen LogP contribution in [0.4, 0.5) is 0 Å². The minimum absolute atomic E-state index is 0.350. The van der Waals surface area contributed by atoms with Crippen LogP contribution in [0.25, 0.3) is 0 Å². The third-order valence-electron chi connectivity index (χ3n) is 4.19. The molecule has 7 heteroatoms. The summed E-state index contributed by atoms with van der Waals surface area (Å²) in [5.74, 6) is 3.93. The first kappa shape index (κ1) is 12.9. The van der Waals surface area contributed by atoms with Crippen LogP contribution in [0.1, 0.15) is 60.9 Å². The smallest absolute Gasteiger partial charge is 0.229 e. The van der Waals surface area contributed by atoms with Crippen LogP contribution in [0.5, 0.6) is 0 Å². The van der Waals surface area contributed by atoms with Gasteiger partial charge in [0.25, 0.3) is 0 Å². The Labute approximate surface area is 122 Å². The second-order valence-corrected chi connectivity index (χ2v) is 6.07. The van der Waals surface area contributed by atoms with Crippen molar-refractivity contribution >= 4 is 0 Å². The van der Waals surface area contributed by atoms with E-state index in [0.717, 1.165) is 50.0 Å². The van der Waals surface area contributed by atoms with Crippen LogP contribution in [0.2, 0.25) is 0 Å². The molecule has 2 aromatic rings. The largest absolute Gasteiger partial charge is 0.340 e. The average molecular weight is 289 g/mol. The fraction of sp³-hybridized carbons (Fsp3) is 0.714. The van der Waals surface area contributed by atoms with Gasteiger partial charge in [-0.2, -0.15) is 9.97 Å². The van der Waals surface area contributed by atoms with Crippen molar-refractivity contribution in [1.82, 2.24) is 25.2 Å². The maximum absolute atomic E-state index is 5.38. The first-order chi connectivity index (χ1) is 10.3. The maximum Gasteiger partial charge on any atom is 0.229 e. The van der Waals surface area contributed by atoms with E-state index in [9.17, 15) is 0 Å². The van der Waals surface area contributed by atoms with E-state index >= 15 is 0 Å². The van der Waals surface area contributed by atoms with Gasteiger partial charge in [-0.1, -0.05) is 10.3 Å². The Morgan fingerprint density at radius 3 is 2.76 bits per heavy atom. The minimum Gasteiger partial charge on any atom is -0.340 e. The van der Waals surface area contributed by atoms with Gasteiger partial charge in [0.2, 0.25) is 11.8 Å². The van der Waals surface area contributed by atoms with Gasteiger partial charge in [0, 0.05) is 25.3 Å². The molecule has 0 aromatic carbocycles. The summed E-state index contributed by atoms with van der Waals surface area (Å²) in [6, 6.07) is 0. The summed E-state index contributed by atoms with van der Waals surface area (Å²) in [7, 11) is 0. The predicted octanol–water partition coefficient (Wildman–Crippen LogP) is 2.02. The van der Waals surface area contributed by atoms with E-state index in [-0.39, 0.29) is 0 Å². The van der Waals surface area contributed by atoms with Gasteiger partial charge in [-0.25, -0.2) is 0 Å². The summed E-state index contributed by atoms with van der Waals surface area (Å²) in [4.78, 5) is 11.2. The van der Waals surface area contributed by atoms with Gasteiger partial charge in [-0.3, -0.25) is 4.90 Å². The summed E-state index contributed by atoms with van der Waals surface area (Å²) in [5, 5.41) is 8.15. The van der Waals surface area contributed by atoms with E-state index < -0.39 is 0 Å². The molecule has 0 spiro atoms. The molecule has 2 fully saturated rings. The molecule has 1 aliphatic heterocycles. The van der Waals surface area contributed by atoms with Crippen molar-refractivity contribution in [3.8, 4) is 0 Å². The van der Waals surface area contributed by atoms with Crippen molar-refractivity contribution in [1.29, 1.82) is 0 Å². The maximum atomic E-state index is 5.38. The van der Waals surface area contributed by atoms with Gasteiger partial charge >= 0.3 is 0 Å². The monoisotopic (exact) mass is 289 g/mol. The number of nitrogens with zero attached hydrogens (tertiary/aromatic N) is 5. The molecule has 1 aliphatic carbocycles. The second kappa shape index (κ2) is 5.22. The molecule has 112 valence electrons. The number of hydrogen-bond acceptors (Lipinski definition) is 7. The Morgan fingerprint density at radius 1 is 1.10 bits per heavy atom. The molecule has 2 aliphatic rings. The Morgan fingerprint density at radius 2 is 2.00 bits per heavy atom. The van der Waals surface area contributed by atoms with Crippen LogP contribution in [0.3, 0.4) is 0 Å². The molecule has 2 aromatic heterocycles. The third-order valence-corrected chi connectivity index (χ3v) is 4.19. The summed E-state index contributed by atoms with van der Waals surface area (Å²) in [6.45, 7) is 4.52. The van der Waals surface area contributed by atoms with Crippen LogP contribution in [0, 0.1) is 6.92 Å². The van der Waals surface area contributed by atoms with Crippen molar-refractivity contribution in [3.63, 3.8) is 0 Å². The Kier molecular flexibility index (Phi) is 3.21. The average Bonchev–Trinajstić information content (AvgIpc) is 3.07. The zero-order valence-corrected chi connectivity index (χ0v) is 12.2. The van der Waals surface area contributed by atoms with Gasteiger partial charge in [0.1, 0.15) is 0 Å². The SMILES string of the molecule is Cc1nc(CN2CCC[C@H](c3noc(C4CC4)n3)C2)no1. The first-order valence-electron chi connectivity index (χ1n) is 7.63. The topological polar surface area (TPSA) is 81.1 Å². The van der Waals surface area contributed by atoms with Crippen LogP contribution >= 0.6 is 0 Å². The lowest BCUT2D eigenvalue weighted by Gasteiger charge is -2.30. The van der Waals surface area contributed by atoms with Gasteiger partial charge < -0.3 is 9.05 Å². The van der Waals surface area contributed by atoms with E-state index in [0.29, 0.717) is 17.7 Å². The Hall–Kier alpha value is -1.76. The summed E-state index contributed by atoms with van der Waals surface area (Å²) >= 11 is 0. The van der Waals surface area contributed by atoms with Gasteiger partial charge in [-0.15, -0.1) is 0 Å². The standard InChI is InChI=1S/C14H19N5O2/c1-9-15-12(17-20-9)8-19-6-2-3-11(7-19)13-16-14(21-18-13)10-4-5-10/h10-11H,2-8H2,1H3/t11-/m0/s1. The third kappa shape index (κ3) is 2.83. The highest BCUT2D eigenvalue weighted by atomic mass is 16.5. The Balaban J connectivity index is 1.41. The molecule has 1 saturated carbocycles. The van der Waals surface area contributed by atoms with Gasteiger partial charge in [0.05, 0.1) is 6.54 Å². The van der Waals surface area contributed by atoms with Crippen LogP contribution < -0.4 is 0 Å². The number of hydrogen-bond donors (Lipinski definition) is 0. The number of piperidine rings is 1.